The largest absolute Gasteiger partial charge is 0.466 e. The van der Waals surface area contributed by atoms with Gasteiger partial charge in [-0.25, -0.2) is 8.42 Å². The Morgan fingerprint density at radius 3 is 2.44 bits per heavy atom. The number of benzene rings is 2. The summed E-state index contributed by atoms with van der Waals surface area (Å²) < 4.78 is 37.6. The van der Waals surface area contributed by atoms with Gasteiger partial charge in [0.05, 0.1) is 17.6 Å². The molecule has 2 aromatic carbocycles. The van der Waals surface area contributed by atoms with E-state index in [1.165, 1.54) is 31.4 Å². The van der Waals surface area contributed by atoms with Gasteiger partial charge in [-0.05, 0) is 36.4 Å². The van der Waals surface area contributed by atoms with Crippen molar-refractivity contribution in [3.8, 4) is 17.5 Å². The highest BCUT2D eigenvalue weighted by molar-refractivity contribution is 7.90. The molecule has 0 spiro atoms. The van der Waals surface area contributed by atoms with E-state index in [1.54, 1.807) is 24.3 Å². The lowest BCUT2D eigenvalue weighted by Gasteiger charge is -2.10. The average Bonchev–Trinajstić information content (AvgIpc) is 3.09. The molecule has 10 heteroatoms. The SMILES string of the molecule is COc1nsc(NC(=O)c2ccccc2Oc2ccc(S(C)(=O)=O)cc2)n1. The molecule has 0 radical (unpaired) electrons. The topological polar surface area (TPSA) is 107 Å². The third kappa shape index (κ3) is 4.60. The number of ether oxygens (including phenoxy) is 2. The highest BCUT2D eigenvalue weighted by Gasteiger charge is 2.16. The summed E-state index contributed by atoms with van der Waals surface area (Å²) in [7, 11) is -1.85. The van der Waals surface area contributed by atoms with E-state index >= 15 is 0 Å². The molecule has 1 heterocycles. The van der Waals surface area contributed by atoms with Crippen LogP contribution >= 0.6 is 11.5 Å². The second-order valence-electron chi connectivity index (χ2n) is 5.38. The van der Waals surface area contributed by atoms with Crippen LogP contribution in [-0.2, 0) is 9.84 Å². The van der Waals surface area contributed by atoms with E-state index in [0.29, 0.717) is 22.2 Å². The van der Waals surface area contributed by atoms with Crippen LogP contribution in [0.5, 0.6) is 17.5 Å². The summed E-state index contributed by atoms with van der Waals surface area (Å²) in [6.07, 6.45) is 1.13. The molecule has 1 aromatic heterocycles. The summed E-state index contributed by atoms with van der Waals surface area (Å²) in [6, 6.07) is 12.8. The monoisotopic (exact) mass is 405 g/mol. The Morgan fingerprint density at radius 2 is 1.81 bits per heavy atom. The average molecular weight is 405 g/mol. The van der Waals surface area contributed by atoms with Gasteiger partial charge >= 0.3 is 6.01 Å². The summed E-state index contributed by atoms with van der Waals surface area (Å²) in [5, 5.41) is 2.93. The van der Waals surface area contributed by atoms with Gasteiger partial charge in [-0.15, -0.1) is 4.37 Å². The number of sulfone groups is 1. The van der Waals surface area contributed by atoms with Crippen molar-refractivity contribution in [1.82, 2.24) is 9.36 Å². The Hall–Kier alpha value is -2.98. The predicted octanol–water partition coefficient (Wildman–Crippen LogP) is 2.99. The molecule has 3 aromatic rings. The molecule has 0 aliphatic rings. The van der Waals surface area contributed by atoms with Gasteiger partial charge in [0.2, 0.25) is 5.13 Å². The molecule has 0 aliphatic heterocycles. The second-order valence-corrected chi connectivity index (χ2v) is 8.15. The molecule has 0 unspecified atom stereocenters. The number of amides is 1. The lowest BCUT2D eigenvalue weighted by atomic mass is 10.2. The molecule has 0 atom stereocenters. The molecule has 1 amide bonds. The summed E-state index contributed by atoms with van der Waals surface area (Å²) in [4.78, 5) is 16.7. The normalized spacial score (nSPS) is 11.0. The zero-order valence-electron chi connectivity index (χ0n) is 14.4. The number of hydrogen-bond acceptors (Lipinski definition) is 8. The van der Waals surface area contributed by atoms with Crippen molar-refractivity contribution in [3.05, 3.63) is 54.1 Å². The zero-order chi connectivity index (χ0) is 19.4. The fraction of sp³-hybridized carbons (Fsp3) is 0.118. The molecule has 140 valence electrons. The Morgan fingerprint density at radius 1 is 1.11 bits per heavy atom. The van der Waals surface area contributed by atoms with E-state index < -0.39 is 15.7 Å². The maximum Gasteiger partial charge on any atom is 0.329 e. The van der Waals surface area contributed by atoms with Crippen LogP contribution in [0.2, 0.25) is 0 Å². The Balaban J connectivity index is 1.80. The van der Waals surface area contributed by atoms with Crippen LogP contribution in [0.25, 0.3) is 0 Å². The molecule has 8 nitrogen and oxygen atoms in total. The molecule has 0 saturated heterocycles. The first-order valence-corrected chi connectivity index (χ1v) is 10.3. The molecule has 0 aliphatic carbocycles. The molecule has 27 heavy (non-hydrogen) atoms. The zero-order valence-corrected chi connectivity index (χ0v) is 16.0. The van der Waals surface area contributed by atoms with E-state index in [1.807, 2.05) is 0 Å². The first kappa shape index (κ1) is 18.8. The minimum absolute atomic E-state index is 0.172. The highest BCUT2D eigenvalue weighted by atomic mass is 32.2. The maximum atomic E-state index is 12.5. The molecular weight excluding hydrogens is 390 g/mol. The standard InChI is InChI=1S/C17H15N3O5S2/c1-24-16-19-17(26-20-16)18-15(21)13-5-3-4-6-14(13)25-11-7-9-12(10-8-11)27(2,22)23/h3-10H,1-2H3,(H,18,19,20,21). The van der Waals surface area contributed by atoms with E-state index in [9.17, 15) is 13.2 Å². The maximum absolute atomic E-state index is 12.5. The van der Waals surface area contributed by atoms with Crippen LogP contribution < -0.4 is 14.8 Å². The quantitative estimate of drug-likeness (QED) is 0.672. The van der Waals surface area contributed by atoms with Crippen molar-refractivity contribution in [2.75, 3.05) is 18.7 Å². The molecule has 0 fully saturated rings. The van der Waals surface area contributed by atoms with Gasteiger partial charge in [-0.1, -0.05) is 12.1 Å². The Kier molecular flexibility index (Phi) is 5.38. The van der Waals surface area contributed by atoms with Gasteiger partial charge in [0.1, 0.15) is 11.5 Å². The lowest BCUT2D eigenvalue weighted by molar-refractivity contribution is 0.102. The minimum Gasteiger partial charge on any atom is -0.466 e. The lowest BCUT2D eigenvalue weighted by Crippen LogP contribution is -2.12. The van der Waals surface area contributed by atoms with Gasteiger partial charge in [0.25, 0.3) is 5.91 Å². The van der Waals surface area contributed by atoms with Crippen LogP contribution in [0.1, 0.15) is 10.4 Å². The fourth-order valence-corrected chi connectivity index (χ4v) is 3.30. The Bertz CT molecular complexity index is 1060. The van der Waals surface area contributed by atoms with Crippen LogP contribution in [0.15, 0.2) is 53.4 Å². The Labute approximate surface area is 159 Å². The minimum atomic E-state index is -3.29. The van der Waals surface area contributed by atoms with E-state index in [4.69, 9.17) is 9.47 Å². The van der Waals surface area contributed by atoms with E-state index in [0.717, 1.165) is 17.8 Å². The summed E-state index contributed by atoms with van der Waals surface area (Å²) in [5.41, 5.74) is 0.291. The van der Waals surface area contributed by atoms with E-state index in [2.05, 4.69) is 14.7 Å². The van der Waals surface area contributed by atoms with Crippen LogP contribution in [-0.4, -0.2) is 37.0 Å². The number of nitrogens with one attached hydrogen (secondary N) is 1. The number of aromatic nitrogens is 2. The first-order chi connectivity index (χ1) is 12.9. The smallest absolute Gasteiger partial charge is 0.329 e. The first-order valence-electron chi connectivity index (χ1n) is 7.63. The van der Waals surface area contributed by atoms with Crippen LogP contribution in [0.4, 0.5) is 5.13 Å². The van der Waals surface area contributed by atoms with Gasteiger partial charge in [-0.2, -0.15) is 4.98 Å². The summed E-state index contributed by atoms with van der Waals surface area (Å²) in [5.74, 6) is 0.302. The predicted molar refractivity (Wildman–Crippen MR) is 100 cm³/mol. The van der Waals surface area contributed by atoms with Gasteiger partial charge < -0.3 is 9.47 Å². The van der Waals surface area contributed by atoms with E-state index in [-0.39, 0.29) is 10.9 Å². The third-order valence-electron chi connectivity index (χ3n) is 3.42. The van der Waals surface area contributed by atoms with Gasteiger partial charge in [0.15, 0.2) is 9.84 Å². The van der Waals surface area contributed by atoms with Gasteiger partial charge in [-0.3, -0.25) is 10.1 Å². The number of para-hydroxylation sites is 1. The fourth-order valence-electron chi connectivity index (χ4n) is 2.13. The molecule has 0 saturated carbocycles. The number of methoxy groups -OCH3 is 1. The number of anilines is 1. The second kappa shape index (κ2) is 7.72. The van der Waals surface area contributed by atoms with Gasteiger partial charge in [0, 0.05) is 17.8 Å². The number of carbonyl (C=O) groups is 1. The summed E-state index contributed by atoms with van der Waals surface area (Å²) in [6.45, 7) is 0. The molecule has 1 N–H and O–H groups in total. The molecular formula is C17H15N3O5S2. The highest BCUT2D eigenvalue weighted by Crippen LogP contribution is 2.27. The van der Waals surface area contributed by atoms with Crippen LogP contribution in [0.3, 0.4) is 0 Å². The van der Waals surface area contributed by atoms with Crippen molar-refractivity contribution < 1.29 is 22.7 Å². The number of carbonyl (C=O) groups excluding carboxylic acids is 1. The van der Waals surface area contributed by atoms with Crippen LogP contribution in [0, 0.1) is 0 Å². The van der Waals surface area contributed by atoms with Crippen molar-refractivity contribution >= 4 is 32.4 Å². The van der Waals surface area contributed by atoms with Crippen molar-refractivity contribution in [3.63, 3.8) is 0 Å². The van der Waals surface area contributed by atoms with Crippen molar-refractivity contribution in [1.29, 1.82) is 0 Å². The van der Waals surface area contributed by atoms with Crippen molar-refractivity contribution in [2.24, 2.45) is 0 Å². The summed E-state index contributed by atoms with van der Waals surface area (Å²) >= 11 is 0.995. The molecule has 3 rings (SSSR count). The van der Waals surface area contributed by atoms with Crippen molar-refractivity contribution in [2.45, 2.75) is 4.90 Å². The number of hydrogen-bond donors (Lipinski definition) is 1. The molecule has 0 bridgehead atoms. The number of rotatable bonds is 6. The number of nitrogens with zero attached hydrogens (tertiary/aromatic N) is 2. The third-order valence-corrected chi connectivity index (χ3v) is 5.16.